The van der Waals surface area contributed by atoms with Crippen molar-refractivity contribution in [2.75, 3.05) is 39.3 Å². The fourth-order valence-corrected chi connectivity index (χ4v) is 2.85. The molecule has 6 nitrogen and oxygen atoms in total. The van der Waals surface area contributed by atoms with Crippen molar-refractivity contribution in [1.29, 1.82) is 0 Å². The van der Waals surface area contributed by atoms with Crippen LogP contribution in [0.15, 0.2) is 24.3 Å². The van der Waals surface area contributed by atoms with E-state index in [0.717, 1.165) is 26.2 Å². The molecule has 126 valence electrons. The lowest BCUT2D eigenvalue weighted by Crippen LogP contribution is -2.47. The number of β-amino-alcohol motifs (C(OH)–C–C–N with tert-alkyl or cyclic N) is 1. The highest BCUT2D eigenvalue weighted by Crippen LogP contribution is 2.30. The Balaban J connectivity index is 1.59. The lowest BCUT2D eigenvalue weighted by molar-refractivity contribution is 0.0219. The molecule has 1 saturated heterocycles. The molecule has 0 saturated carbocycles. The molecular weight excluding hydrogens is 301 g/mol. The maximum atomic E-state index is 13.4. The van der Waals surface area contributed by atoms with Gasteiger partial charge in [0.1, 0.15) is 11.6 Å². The van der Waals surface area contributed by atoms with E-state index >= 15 is 0 Å². The van der Waals surface area contributed by atoms with E-state index in [0.29, 0.717) is 30.1 Å². The van der Waals surface area contributed by atoms with Gasteiger partial charge in [-0.3, -0.25) is 4.90 Å². The lowest BCUT2D eigenvalue weighted by atomic mass is 10.1. The van der Waals surface area contributed by atoms with Gasteiger partial charge in [-0.25, -0.2) is 4.39 Å². The van der Waals surface area contributed by atoms with Crippen LogP contribution in [0, 0.1) is 5.82 Å². The van der Waals surface area contributed by atoms with E-state index in [-0.39, 0.29) is 5.82 Å². The third-order valence-corrected chi connectivity index (χ3v) is 4.00. The molecule has 0 spiro atoms. The van der Waals surface area contributed by atoms with E-state index < -0.39 is 12.4 Å². The predicted octanol–water partition coefficient (Wildman–Crippen LogP) is -0.267. The third-order valence-electron chi connectivity index (χ3n) is 4.00. The number of nitrogens with zero attached hydrogens (tertiary/aromatic N) is 1. The largest absolute Gasteiger partial charge is 0.461 e. The Morgan fingerprint density at radius 2 is 2.17 bits per heavy atom. The van der Waals surface area contributed by atoms with Gasteiger partial charge in [0.25, 0.3) is 0 Å². The summed E-state index contributed by atoms with van der Waals surface area (Å²) in [6.07, 6.45) is -0.161. The molecule has 2 atom stereocenters. The number of benzene rings is 1. The number of piperazine rings is 1. The summed E-state index contributed by atoms with van der Waals surface area (Å²) < 4.78 is 18.7. The zero-order chi connectivity index (χ0) is 16.2. The molecule has 1 aromatic carbocycles. The first-order chi connectivity index (χ1) is 11.1. The summed E-state index contributed by atoms with van der Waals surface area (Å²) in [6, 6.07) is 4.12. The molecule has 2 aliphatic heterocycles. The topological polar surface area (TPSA) is 77.0 Å². The predicted molar refractivity (Wildman–Crippen MR) is 84.3 cm³/mol. The second kappa shape index (κ2) is 7.27. The fraction of sp³-hybridized carbons (Fsp3) is 0.500. The minimum Gasteiger partial charge on any atom is -0.461 e. The Morgan fingerprint density at radius 3 is 2.96 bits per heavy atom. The first-order valence-electron chi connectivity index (χ1n) is 7.83. The van der Waals surface area contributed by atoms with Crippen molar-refractivity contribution in [3.8, 4) is 5.75 Å². The number of ether oxygens (including phenoxy) is 1. The first kappa shape index (κ1) is 16.2. The molecule has 1 fully saturated rings. The molecular formula is C16H22FN3O3. The molecule has 4 N–H and O–H groups in total. The monoisotopic (exact) mass is 323 g/mol. The summed E-state index contributed by atoms with van der Waals surface area (Å²) >= 11 is 0. The van der Waals surface area contributed by atoms with Crippen molar-refractivity contribution < 1.29 is 19.3 Å². The van der Waals surface area contributed by atoms with Crippen molar-refractivity contribution in [2.45, 2.75) is 12.4 Å². The summed E-state index contributed by atoms with van der Waals surface area (Å²) in [5.74, 6) is 0.0401. The van der Waals surface area contributed by atoms with Gasteiger partial charge in [-0.05, 0) is 18.2 Å². The van der Waals surface area contributed by atoms with Crippen LogP contribution >= 0.6 is 0 Å². The molecule has 2 unspecified atom stereocenters. The first-order valence-corrected chi connectivity index (χ1v) is 7.83. The van der Waals surface area contributed by atoms with Gasteiger partial charge in [-0.15, -0.1) is 0 Å². The second-order valence-corrected chi connectivity index (χ2v) is 5.81. The molecule has 1 aromatic rings. The average Bonchev–Trinajstić information content (AvgIpc) is 2.54. The van der Waals surface area contributed by atoms with Gasteiger partial charge in [0, 0.05) is 56.6 Å². The zero-order valence-corrected chi connectivity index (χ0v) is 12.8. The average molecular weight is 323 g/mol. The fourth-order valence-electron chi connectivity index (χ4n) is 2.85. The van der Waals surface area contributed by atoms with E-state index in [2.05, 4.69) is 15.5 Å². The second-order valence-electron chi connectivity index (χ2n) is 5.81. The molecule has 3 rings (SSSR count). The molecule has 0 radical (unpaired) electrons. The molecule has 23 heavy (non-hydrogen) atoms. The number of halogens is 1. The number of aliphatic hydroxyl groups excluding tert-OH is 2. The van der Waals surface area contributed by atoms with Crippen LogP contribution in [0.4, 0.5) is 4.39 Å². The Bertz CT molecular complexity index is 576. The molecule has 0 aliphatic carbocycles. The maximum Gasteiger partial charge on any atom is 0.219 e. The quantitative estimate of drug-likeness (QED) is 0.598. The summed E-state index contributed by atoms with van der Waals surface area (Å²) in [5, 5.41) is 26.2. The van der Waals surface area contributed by atoms with Crippen LogP contribution in [0.25, 0.3) is 5.70 Å². The molecule has 7 heteroatoms. The van der Waals surface area contributed by atoms with Gasteiger partial charge in [0.05, 0.1) is 6.10 Å². The van der Waals surface area contributed by atoms with Crippen molar-refractivity contribution in [1.82, 2.24) is 15.5 Å². The van der Waals surface area contributed by atoms with Gasteiger partial charge in [-0.2, -0.15) is 0 Å². The number of aliphatic hydroxyl groups is 2. The Kier molecular flexibility index (Phi) is 5.12. The van der Waals surface area contributed by atoms with E-state index in [1.54, 1.807) is 0 Å². The standard InChI is InChI=1S/C16H22FN3O3/c17-11-1-2-15-13(7-11)14(8-16(22)23-15)19-9-12(21)10-20-5-3-18-4-6-20/h1-2,7-8,12,16,18-19,21-22H,3-6,9-10H2. The smallest absolute Gasteiger partial charge is 0.219 e. The van der Waals surface area contributed by atoms with Crippen LogP contribution in [0.5, 0.6) is 5.75 Å². The summed E-state index contributed by atoms with van der Waals surface area (Å²) in [6.45, 7) is 4.60. The van der Waals surface area contributed by atoms with Crippen molar-refractivity contribution in [2.24, 2.45) is 0 Å². The van der Waals surface area contributed by atoms with Crippen molar-refractivity contribution >= 4 is 5.70 Å². The van der Waals surface area contributed by atoms with Gasteiger partial charge in [0.15, 0.2) is 0 Å². The minimum absolute atomic E-state index is 0.318. The number of hydrogen-bond acceptors (Lipinski definition) is 6. The summed E-state index contributed by atoms with van der Waals surface area (Å²) in [4.78, 5) is 2.20. The normalized spacial score (nSPS) is 22.7. The Morgan fingerprint density at radius 1 is 1.39 bits per heavy atom. The van der Waals surface area contributed by atoms with Gasteiger partial charge in [-0.1, -0.05) is 0 Å². The van der Waals surface area contributed by atoms with Crippen LogP contribution < -0.4 is 15.4 Å². The van der Waals surface area contributed by atoms with Crippen LogP contribution in [0.2, 0.25) is 0 Å². The highest BCUT2D eigenvalue weighted by molar-refractivity contribution is 5.71. The van der Waals surface area contributed by atoms with E-state index in [1.807, 2.05) is 0 Å². The number of nitrogens with one attached hydrogen (secondary N) is 2. The van der Waals surface area contributed by atoms with E-state index in [9.17, 15) is 14.6 Å². The molecule has 2 heterocycles. The van der Waals surface area contributed by atoms with Crippen LogP contribution in [0.3, 0.4) is 0 Å². The molecule has 2 aliphatic rings. The Labute approximate surface area is 134 Å². The minimum atomic E-state index is -1.08. The Hall–Kier alpha value is -1.67. The highest BCUT2D eigenvalue weighted by atomic mass is 19.1. The lowest BCUT2D eigenvalue weighted by Gasteiger charge is -2.30. The summed E-state index contributed by atoms with van der Waals surface area (Å²) in [5.41, 5.74) is 1.11. The molecule has 0 amide bonds. The van der Waals surface area contributed by atoms with Crippen LogP contribution in [-0.2, 0) is 0 Å². The van der Waals surface area contributed by atoms with E-state index in [4.69, 9.17) is 4.74 Å². The number of fused-ring (bicyclic) bond motifs is 1. The van der Waals surface area contributed by atoms with E-state index in [1.165, 1.54) is 24.3 Å². The third kappa shape index (κ3) is 4.20. The molecule has 0 aromatic heterocycles. The van der Waals surface area contributed by atoms with Crippen LogP contribution in [-0.4, -0.2) is 66.8 Å². The highest BCUT2D eigenvalue weighted by Gasteiger charge is 2.21. The number of hydrogen-bond donors (Lipinski definition) is 4. The van der Waals surface area contributed by atoms with Crippen LogP contribution in [0.1, 0.15) is 5.56 Å². The molecule has 0 bridgehead atoms. The summed E-state index contributed by atoms with van der Waals surface area (Å²) in [7, 11) is 0. The van der Waals surface area contributed by atoms with Gasteiger partial charge >= 0.3 is 0 Å². The van der Waals surface area contributed by atoms with Crippen molar-refractivity contribution in [3.05, 3.63) is 35.7 Å². The van der Waals surface area contributed by atoms with Gasteiger partial charge in [0.2, 0.25) is 6.29 Å². The SMILES string of the molecule is OC(CNC1=CC(O)Oc2ccc(F)cc21)CN1CCNCC1. The van der Waals surface area contributed by atoms with Crippen molar-refractivity contribution in [3.63, 3.8) is 0 Å². The zero-order valence-electron chi connectivity index (χ0n) is 12.8. The number of rotatable bonds is 5. The maximum absolute atomic E-state index is 13.4. The van der Waals surface area contributed by atoms with Gasteiger partial charge < -0.3 is 25.6 Å².